The van der Waals surface area contributed by atoms with E-state index < -0.39 is 0 Å². The molecule has 1 aromatic rings. The Kier molecular flexibility index (Phi) is 5.92. The highest BCUT2D eigenvalue weighted by atomic mass is 31.1. The zero-order valence-corrected chi connectivity index (χ0v) is 9.60. The monoisotopic (exact) mass is 183 g/mol. The fourth-order valence-electron chi connectivity index (χ4n) is 0.882. The lowest BCUT2D eigenvalue weighted by atomic mass is 10.2. The van der Waals surface area contributed by atoms with Crippen molar-refractivity contribution in [2.24, 2.45) is 0 Å². The van der Waals surface area contributed by atoms with Gasteiger partial charge in [0, 0.05) is 12.4 Å². The maximum atomic E-state index is 4.12. The van der Waals surface area contributed by atoms with Crippen molar-refractivity contribution >= 4 is 13.9 Å². The Morgan fingerprint density at radius 3 is 2.17 bits per heavy atom. The van der Waals surface area contributed by atoms with Gasteiger partial charge in [-0.2, -0.15) is 0 Å². The third-order valence-corrected chi connectivity index (χ3v) is 2.78. The lowest BCUT2D eigenvalue weighted by molar-refractivity contribution is 1.24. The first kappa shape index (κ1) is 11.6. The van der Waals surface area contributed by atoms with Crippen LogP contribution in [0, 0.1) is 13.8 Å². The molecule has 1 nitrogen and oxygen atoms in total. The summed E-state index contributed by atoms with van der Waals surface area (Å²) in [6.07, 6.45) is 3.87. The summed E-state index contributed by atoms with van der Waals surface area (Å²) in [6.45, 7) is 10.4. The van der Waals surface area contributed by atoms with E-state index in [1.165, 1.54) is 16.4 Å². The molecule has 0 N–H and O–H groups in total. The van der Waals surface area contributed by atoms with Crippen molar-refractivity contribution < 1.29 is 0 Å². The molecule has 0 aliphatic carbocycles. The molecular formula is C10H18NP. The molecule has 0 spiro atoms. The van der Waals surface area contributed by atoms with Gasteiger partial charge in [0.1, 0.15) is 0 Å². The van der Waals surface area contributed by atoms with E-state index in [1.807, 2.05) is 26.2 Å². The van der Waals surface area contributed by atoms with Crippen LogP contribution < -0.4 is 5.30 Å². The van der Waals surface area contributed by atoms with Crippen LogP contribution in [0.15, 0.2) is 12.4 Å². The zero-order valence-electron chi connectivity index (χ0n) is 8.60. The number of rotatable bonds is 1. The van der Waals surface area contributed by atoms with Gasteiger partial charge in [-0.15, -0.1) is 0 Å². The summed E-state index contributed by atoms with van der Waals surface area (Å²) in [6, 6.07) is 0. The number of hydrogen-bond acceptors (Lipinski definition) is 1. The van der Waals surface area contributed by atoms with Crippen LogP contribution in [0.3, 0.4) is 0 Å². The number of hydrogen-bond donors (Lipinski definition) is 0. The minimum Gasteiger partial charge on any atom is -0.264 e. The number of nitrogens with zero attached hydrogens (tertiary/aromatic N) is 1. The average molecular weight is 183 g/mol. The van der Waals surface area contributed by atoms with Gasteiger partial charge in [-0.1, -0.05) is 22.4 Å². The number of pyridine rings is 1. The highest BCUT2D eigenvalue weighted by Gasteiger charge is 1.96. The predicted octanol–water partition coefficient (Wildman–Crippen LogP) is 2.66. The quantitative estimate of drug-likeness (QED) is 0.610. The molecule has 12 heavy (non-hydrogen) atoms. The summed E-state index contributed by atoms with van der Waals surface area (Å²) >= 11 is 0. The third-order valence-electron chi connectivity index (χ3n) is 1.74. The Morgan fingerprint density at radius 1 is 1.17 bits per heavy atom. The summed E-state index contributed by atoms with van der Waals surface area (Å²) in [7, 11) is 0.863. The highest BCUT2D eigenvalue weighted by molar-refractivity contribution is 7.46. The first-order valence-corrected chi connectivity index (χ1v) is 5.84. The Balaban J connectivity index is 0.000000561. The van der Waals surface area contributed by atoms with Crippen LogP contribution in [-0.2, 0) is 0 Å². The summed E-state index contributed by atoms with van der Waals surface area (Å²) in [5, 5.41) is 1.39. The van der Waals surface area contributed by atoms with Gasteiger partial charge >= 0.3 is 0 Å². The van der Waals surface area contributed by atoms with Crippen molar-refractivity contribution in [1.29, 1.82) is 0 Å². The first-order chi connectivity index (χ1) is 5.75. The summed E-state index contributed by atoms with van der Waals surface area (Å²) in [4.78, 5) is 4.12. The molecule has 0 radical (unpaired) electrons. The van der Waals surface area contributed by atoms with Crippen LogP contribution in [0.25, 0.3) is 0 Å². The van der Waals surface area contributed by atoms with Gasteiger partial charge in [-0.3, -0.25) is 4.98 Å². The van der Waals surface area contributed by atoms with Crippen molar-refractivity contribution in [2.75, 3.05) is 6.66 Å². The minimum absolute atomic E-state index is 0.863. The predicted molar refractivity (Wildman–Crippen MR) is 58.9 cm³/mol. The molecule has 0 aliphatic heterocycles. The van der Waals surface area contributed by atoms with Crippen molar-refractivity contribution in [3.63, 3.8) is 0 Å². The minimum atomic E-state index is 0.863. The van der Waals surface area contributed by atoms with Gasteiger partial charge in [0.2, 0.25) is 0 Å². The van der Waals surface area contributed by atoms with Crippen LogP contribution in [-0.4, -0.2) is 11.6 Å². The molecule has 0 amide bonds. The van der Waals surface area contributed by atoms with E-state index in [9.17, 15) is 0 Å². The molecular weight excluding hydrogens is 165 g/mol. The third kappa shape index (κ3) is 2.91. The normalized spacial score (nSPS) is 9.75. The fourth-order valence-corrected chi connectivity index (χ4v) is 1.66. The maximum Gasteiger partial charge on any atom is 0.0344 e. The van der Waals surface area contributed by atoms with Gasteiger partial charge in [0.25, 0.3) is 0 Å². The van der Waals surface area contributed by atoms with Crippen molar-refractivity contribution in [2.45, 2.75) is 27.7 Å². The molecule has 0 bridgehead atoms. The van der Waals surface area contributed by atoms with E-state index in [0.717, 1.165) is 8.58 Å². The smallest absolute Gasteiger partial charge is 0.0344 e. The van der Waals surface area contributed by atoms with Crippen LogP contribution >= 0.6 is 8.58 Å². The summed E-state index contributed by atoms with van der Waals surface area (Å²) in [5.74, 6) is 0. The molecule has 1 atom stereocenters. The molecule has 0 fully saturated rings. The molecule has 0 aliphatic rings. The Bertz CT molecular complexity index is 233. The van der Waals surface area contributed by atoms with Crippen LogP contribution in [0.5, 0.6) is 0 Å². The SMILES string of the molecule is CC.CPc1cncc(C)c1C. The van der Waals surface area contributed by atoms with Gasteiger partial charge in [0.15, 0.2) is 0 Å². The van der Waals surface area contributed by atoms with Crippen molar-refractivity contribution in [3.05, 3.63) is 23.5 Å². The van der Waals surface area contributed by atoms with E-state index in [0.29, 0.717) is 0 Å². The molecule has 1 heterocycles. The standard InChI is InChI=1S/C8H12NP.C2H6/c1-6-4-9-5-8(10-3)7(6)2;1-2/h4-5,10H,1-3H3;1-2H3. The number of aryl methyl sites for hydroxylation is 1. The topological polar surface area (TPSA) is 12.9 Å². The maximum absolute atomic E-state index is 4.12. The van der Waals surface area contributed by atoms with Crippen LogP contribution in [0.1, 0.15) is 25.0 Å². The lowest BCUT2D eigenvalue weighted by Gasteiger charge is -2.03. The molecule has 2 heteroatoms. The van der Waals surface area contributed by atoms with E-state index in [2.05, 4.69) is 25.5 Å². The van der Waals surface area contributed by atoms with Gasteiger partial charge < -0.3 is 0 Å². The van der Waals surface area contributed by atoms with E-state index >= 15 is 0 Å². The molecule has 1 rings (SSSR count). The van der Waals surface area contributed by atoms with E-state index in [4.69, 9.17) is 0 Å². The summed E-state index contributed by atoms with van der Waals surface area (Å²) in [5.41, 5.74) is 2.70. The molecule has 0 aromatic carbocycles. The second kappa shape index (κ2) is 6.14. The number of aromatic nitrogens is 1. The van der Waals surface area contributed by atoms with Crippen LogP contribution in [0.4, 0.5) is 0 Å². The molecule has 0 saturated carbocycles. The van der Waals surface area contributed by atoms with Gasteiger partial charge in [-0.25, -0.2) is 0 Å². The summed E-state index contributed by atoms with van der Waals surface area (Å²) < 4.78 is 0. The molecule has 1 aromatic heterocycles. The zero-order chi connectivity index (χ0) is 9.56. The average Bonchev–Trinajstić information content (AvgIpc) is 2.13. The fraction of sp³-hybridized carbons (Fsp3) is 0.500. The highest BCUT2D eigenvalue weighted by Crippen LogP contribution is 2.09. The molecule has 68 valence electrons. The second-order valence-corrected chi connectivity index (χ2v) is 3.42. The lowest BCUT2D eigenvalue weighted by Crippen LogP contribution is -2.02. The van der Waals surface area contributed by atoms with E-state index in [-0.39, 0.29) is 0 Å². The van der Waals surface area contributed by atoms with E-state index in [1.54, 1.807) is 0 Å². The van der Waals surface area contributed by atoms with Crippen molar-refractivity contribution in [1.82, 2.24) is 4.98 Å². The van der Waals surface area contributed by atoms with Crippen LogP contribution in [0.2, 0.25) is 0 Å². The largest absolute Gasteiger partial charge is 0.264 e. The Hall–Kier alpha value is -0.420. The van der Waals surface area contributed by atoms with Crippen molar-refractivity contribution in [3.8, 4) is 0 Å². The Labute approximate surface area is 77.4 Å². The van der Waals surface area contributed by atoms with Gasteiger partial charge in [0.05, 0.1) is 0 Å². The second-order valence-electron chi connectivity index (χ2n) is 2.38. The molecule has 0 saturated heterocycles. The molecule has 1 unspecified atom stereocenters. The first-order valence-electron chi connectivity index (χ1n) is 4.34. The Morgan fingerprint density at radius 2 is 1.75 bits per heavy atom. The van der Waals surface area contributed by atoms with Gasteiger partial charge in [-0.05, 0) is 36.9 Å².